The van der Waals surface area contributed by atoms with Gasteiger partial charge in [0.1, 0.15) is 0 Å². The standard InChI is InChI=1S/C68H96/c1-6-8-10-12-14-16-19-23-27-32-39-57-46-50-60(51-47-57)64-56-65(61-52-48-58(49-53-61)40-33-28-24-20-17-15-13-11-9-7-2)67(66(64)62-43-35-31-36-44-62)63-45-38-42-59(55-63)41-34-29-25-21-18-22-26-30-37-54-68(3,4)5/h31,35-36,38,42-53,55H,6-30,32-33,37,39-40,54,56H2,1-5H3. The van der Waals surface area contributed by atoms with E-state index in [9.17, 15) is 0 Å². The lowest BCUT2D eigenvalue weighted by atomic mass is 9.88. The summed E-state index contributed by atoms with van der Waals surface area (Å²) in [6.07, 6.45) is 42.5. The number of aryl methyl sites for hydroxylation is 2. The summed E-state index contributed by atoms with van der Waals surface area (Å²) in [5.41, 5.74) is 15.4. The highest BCUT2D eigenvalue weighted by Crippen LogP contribution is 2.51. The Hall–Kier alpha value is -4.08. The van der Waals surface area contributed by atoms with Gasteiger partial charge < -0.3 is 0 Å². The largest absolute Gasteiger partial charge is 0.0979 e. The van der Waals surface area contributed by atoms with Crippen LogP contribution in [-0.4, -0.2) is 0 Å². The molecular weight excluding hydrogens is 817 g/mol. The molecule has 1 aliphatic carbocycles. The van der Waals surface area contributed by atoms with Crippen molar-refractivity contribution in [1.82, 2.24) is 0 Å². The van der Waals surface area contributed by atoms with Crippen LogP contribution >= 0.6 is 0 Å². The number of hydrogen-bond acceptors (Lipinski definition) is 0. The van der Waals surface area contributed by atoms with E-state index >= 15 is 0 Å². The van der Waals surface area contributed by atoms with Crippen LogP contribution in [0.25, 0.3) is 22.3 Å². The molecule has 0 spiro atoms. The van der Waals surface area contributed by atoms with Gasteiger partial charge in [-0.1, -0.05) is 292 Å². The van der Waals surface area contributed by atoms with E-state index < -0.39 is 0 Å². The van der Waals surface area contributed by atoms with Crippen molar-refractivity contribution in [1.29, 1.82) is 0 Å². The van der Waals surface area contributed by atoms with E-state index in [2.05, 4.69) is 150 Å². The van der Waals surface area contributed by atoms with Crippen molar-refractivity contribution < 1.29 is 0 Å². The first kappa shape index (κ1) is 54.9. The summed E-state index contributed by atoms with van der Waals surface area (Å²) < 4.78 is 0. The second-order valence-corrected chi connectivity index (χ2v) is 21.9. The van der Waals surface area contributed by atoms with Crippen molar-refractivity contribution >= 4 is 22.3 Å². The van der Waals surface area contributed by atoms with Gasteiger partial charge in [0.05, 0.1) is 0 Å². The zero-order chi connectivity index (χ0) is 47.9. The molecule has 0 N–H and O–H groups in total. The molecule has 0 unspecified atom stereocenters. The van der Waals surface area contributed by atoms with Gasteiger partial charge in [0.15, 0.2) is 0 Å². The highest BCUT2D eigenvalue weighted by atomic mass is 14.3. The van der Waals surface area contributed by atoms with Crippen LogP contribution in [0.3, 0.4) is 0 Å². The Morgan fingerprint density at radius 3 is 1.26 bits per heavy atom. The van der Waals surface area contributed by atoms with E-state index in [0.717, 1.165) is 18.4 Å². The molecule has 0 heterocycles. The summed E-state index contributed by atoms with van der Waals surface area (Å²) in [4.78, 5) is 0. The molecule has 0 atom stereocenters. The molecule has 1 aliphatic rings. The minimum absolute atomic E-state index is 0.467. The third-order valence-corrected chi connectivity index (χ3v) is 14.6. The molecule has 5 rings (SSSR count). The SMILES string of the molecule is CCCCCCCCCCCCc1ccc(C2=C(c3ccccc3)C(c3cccc(C#CCCCCCCCCCC(C)(C)C)c3)=C(c3ccc(CCCCCCCCCCCC)cc3)C2)cc1. The Balaban J connectivity index is 1.30. The zero-order valence-electron chi connectivity index (χ0n) is 44.4. The van der Waals surface area contributed by atoms with Gasteiger partial charge in [-0.15, -0.1) is 0 Å². The quantitative estimate of drug-likeness (QED) is 0.0324. The summed E-state index contributed by atoms with van der Waals surface area (Å²) in [5, 5.41) is 0. The van der Waals surface area contributed by atoms with Gasteiger partial charge in [0, 0.05) is 12.0 Å². The third-order valence-electron chi connectivity index (χ3n) is 14.6. The van der Waals surface area contributed by atoms with Gasteiger partial charge in [-0.2, -0.15) is 0 Å². The van der Waals surface area contributed by atoms with Gasteiger partial charge in [-0.25, -0.2) is 0 Å². The predicted octanol–water partition coefficient (Wildman–Crippen LogP) is 21.4. The molecule has 0 fully saturated rings. The molecule has 0 radical (unpaired) electrons. The second-order valence-electron chi connectivity index (χ2n) is 21.9. The van der Waals surface area contributed by atoms with Crippen LogP contribution in [0.4, 0.5) is 0 Å². The molecule has 0 nitrogen and oxygen atoms in total. The molecular formula is C68H96. The second kappa shape index (κ2) is 32.7. The molecule has 0 saturated heterocycles. The fraction of sp³-hybridized carbons (Fsp3) is 0.559. The van der Waals surface area contributed by atoms with Crippen LogP contribution in [0.1, 0.15) is 266 Å². The molecule has 0 amide bonds. The molecule has 68 heavy (non-hydrogen) atoms. The van der Waals surface area contributed by atoms with Crippen LogP contribution in [-0.2, 0) is 12.8 Å². The van der Waals surface area contributed by atoms with Crippen LogP contribution < -0.4 is 0 Å². The number of unbranched alkanes of at least 4 members (excludes halogenated alkanes) is 25. The average molecular weight is 914 g/mol. The van der Waals surface area contributed by atoms with E-state index in [1.807, 2.05) is 0 Å². The maximum Gasteiger partial charge on any atom is 0.0251 e. The number of hydrogen-bond donors (Lipinski definition) is 0. The van der Waals surface area contributed by atoms with E-state index in [-0.39, 0.29) is 0 Å². The number of rotatable bonds is 34. The summed E-state index contributed by atoms with van der Waals surface area (Å²) >= 11 is 0. The van der Waals surface area contributed by atoms with E-state index in [4.69, 9.17) is 0 Å². The highest BCUT2D eigenvalue weighted by molar-refractivity contribution is 6.27. The molecule has 0 aliphatic heterocycles. The predicted molar refractivity (Wildman–Crippen MR) is 303 cm³/mol. The lowest BCUT2D eigenvalue weighted by Gasteiger charge is -2.17. The summed E-state index contributed by atoms with van der Waals surface area (Å²) in [6, 6.07) is 39.8. The Morgan fingerprint density at radius 1 is 0.382 bits per heavy atom. The first-order chi connectivity index (χ1) is 33.4. The van der Waals surface area contributed by atoms with Crippen molar-refractivity contribution in [2.45, 2.75) is 240 Å². The van der Waals surface area contributed by atoms with Crippen molar-refractivity contribution in [2.24, 2.45) is 5.41 Å². The smallest absolute Gasteiger partial charge is 0.0251 e. The number of allylic oxidation sites excluding steroid dienone is 4. The first-order valence-corrected chi connectivity index (χ1v) is 28.7. The van der Waals surface area contributed by atoms with E-state index in [1.165, 1.54) is 248 Å². The topological polar surface area (TPSA) is 0 Å². The molecule has 4 aromatic rings. The molecule has 4 aromatic carbocycles. The Bertz CT molecular complexity index is 2070. The Labute approximate surface area is 419 Å². The third kappa shape index (κ3) is 20.9. The highest BCUT2D eigenvalue weighted by Gasteiger charge is 2.29. The van der Waals surface area contributed by atoms with Crippen LogP contribution in [0.5, 0.6) is 0 Å². The van der Waals surface area contributed by atoms with E-state index in [0.29, 0.717) is 5.41 Å². The molecule has 0 heteroatoms. The number of benzene rings is 4. The Kier molecular flexibility index (Phi) is 26.4. The monoisotopic (exact) mass is 913 g/mol. The van der Waals surface area contributed by atoms with Gasteiger partial charge >= 0.3 is 0 Å². The summed E-state index contributed by atoms with van der Waals surface area (Å²) in [6.45, 7) is 11.7. The molecule has 0 saturated carbocycles. The molecule has 368 valence electrons. The maximum absolute atomic E-state index is 3.60. The van der Waals surface area contributed by atoms with E-state index in [1.54, 1.807) is 0 Å². The lowest BCUT2D eigenvalue weighted by Crippen LogP contribution is -2.03. The first-order valence-electron chi connectivity index (χ1n) is 28.7. The molecule has 0 bridgehead atoms. The van der Waals surface area contributed by atoms with Crippen LogP contribution in [0.2, 0.25) is 0 Å². The normalized spacial score (nSPS) is 12.8. The van der Waals surface area contributed by atoms with Crippen molar-refractivity contribution in [3.63, 3.8) is 0 Å². The van der Waals surface area contributed by atoms with Crippen molar-refractivity contribution in [2.75, 3.05) is 0 Å². The van der Waals surface area contributed by atoms with Gasteiger partial charge in [-0.05, 0) is 118 Å². The van der Waals surface area contributed by atoms with Crippen molar-refractivity contribution in [3.05, 3.63) is 142 Å². The molecule has 0 aromatic heterocycles. The van der Waals surface area contributed by atoms with Gasteiger partial charge in [0.2, 0.25) is 0 Å². The minimum Gasteiger partial charge on any atom is -0.0979 e. The Morgan fingerprint density at radius 2 is 0.794 bits per heavy atom. The average Bonchev–Trinajstić information content (AvgIpc) is 3.76. The zero-order valence-corrected chi connectivity index (χ0v) is 44.4. The lowest BCUT2D eigenvalue weighted by molar-refractivity contribution is 0.356. The van der Waals surface area contributed by atoms with Crippen LogP contribution in [0, 0.1) is 17.3 Å². The summed E-state index contributed by atoms with van der Waals surface area (Å²) in [7, 11) is 0. The fourth-order valence-electron chi connectivity index (χ4n) is 10.4. The van der Waals surface area contributed by atoms with Gasteiger partial charge in [0.25, 0.3) is 0 Å². The van der Waals surface area contributed by atoms with Crippen LogP contribution in [0.15, 0.2) is 103 Å². The fourth-order valence-corrected chi connectivity index (χ4v) is 10.4. The van der Waals surface area contributed by atoms with Gasteiger partial charge in [-0.3, -0.25) is 0 Å². The van der Waals surface area contributed by atoms with Crippen molar-refractivity contribution in [3.8, 4) is 11.8 Å². The minimum atomic E-state index is 0.467. The maximum atomic E-state index is 3.60. The summed E-state index contributed by atoms with van der Waals surface area (Å²) in [5.74, 6) is 7.18.